The molecule has 2 N–H and O–H groups in total. The summed E-state index contributed by atoms with van der Waals surface area (Å²) in [6, 6.07) is 0. The molecule has 0 saturated carbocycles. The molecule has 1 unspecified atom stereocenters. The van der Waals surface area contributed by atoms with Crippen LogP contribution in [0.1, 0.15) is 31.4 Å². The molecule has 0 bridgehead atoms. The van der Waals surface area contributed by atoms with Crippen LogP contribution in [-0.4, -0.2) is 33.5 Å². The summed E-state index contributed by atoms with van der Waals surface area (Å²) in [5.74, 6) is 2.47. The van der Waals surface area contributed by atoms with Crippen LogP contribution in [0.4, 0.5) is 0 Å². The molecule has 0 aliphatic heterocycles. The van der Waals surface area contributed by atoms with Crippen molar-refractivity contribution in [2.24, 2.45) is 11.7 Å². The molecule has 6 heteroatoms. The smallest absolute Gasteiger partial charge is 0.199 e. The van der Waals surface area contributed by atoms with E-state index in [1.54, 1.807) is 6.92 Å². The first-order valence-corrected chi connectivity index (χ1v) is 6.48. The Morgan fingerprint density at radius 3 is 2.63 bits per heavy atom. The maximum atomic E-state index is 5.70. The van der Waals surface area contributed by atoms with E-state index in [1.807, 2.05) is 12.2 Å². The van der Waals surface area contributed by atoms with E-state index in [4.69, 9.17) is 10.5 Å². The minimum Gasteiger partial charge on any atom is -0.498 e. The minimum atomic E-state index is 0.308. The van der Waals surface area contributed by atoms with Crippen LogP contribution >= 0.6 is 0 Å². The third-order valence-electron chi connectivity index (χ3n) is 2.94. The van der Waals surface area contributed by atoms with Crippen LogP contribution in [0.15, 0.2) is 17.9 Å². The first kappa shape index (κ1) is 13.6. The van der Waals surface area contributed by atoms with E-state index < -0.39 is 0 Å². The SMILES string of the molecule is Cc1nnc(C2=CC=C(OCCCN)C(C)C2)nn1. The van der Waals surface area contributed by atoms with E-state index in [2.05, 4.69) is 27.3 Å². The van der Waals surface area contributed by atoms with Crippen molar-refractivity contribution >= 4 is 5.57 Å². The Labute approximate surface area is 112 Å². The highest BCUT2D eigenvalue weighted by molar-refractivity contribution is 5.63. The van der Waals surface area contributed by atoms with Crippen molar-refractivity contribution in [2.75, 3.05) is 13.2 Å². The molecule has 1 aromatic rings. The highest BCUT2D eigenvalue weighted by atomic mass is 16.5. The van der Waals surface area contributed by atoms with Gasteiger partial charge in [-0.05, 0) is 32.4 Å². The molecular weight excluding hydrogens is 242 g/mol. The molecule has 6 nitrogen and oxygen atoms in total. The third-order valence-corrected chi connectivity index (χ3v) is 2.94. The van der Waals surface area contributed by atoms with Gasteiger partial charge in [-0.15, -0.1) is 20.4 Å². The second-order valence-corrected chi connectivity index (χ2v) is 4.63. The van der Waals surface area contributed by atoms with Crippen LogP contribution in [0, 0.1) is 12.8 Å². The van der Waals surface area contributed by atoms with Crippen LogP contribution in [-0.2, 0) is 4.74 Å². The lowest BCUT2D eigenvalue weighted by Gasteiger charge is -2.21. The average Bonchev–Trinajstić information content (AvgIpc) is 2.42. The van der Waals surface area contributed by atoms with Crippen LogP contribution in [0.25, 0.3) is 5.57 Å². The lowest BCUT2D eigenvalue weighted by Crippen LogP contribution is -2.12. The number of hydrogen-bond acceptors (Lipinski definition) is 6. The van der Waals surface area contributed by atoms with Gasteiger partial charge in [-0.2, -0.15) is 0 Å². The molecule has 2 rings (SSSR count). The molecule has 0 aromatic carbocycles. The maximum Gasteiger partial charge on any atom is 0.199 e. The van der Waals surface area contributed by atoms with Gasteiger partial charge in [0.15, 0.2) is 11.6 Å². The van der Waals surface area contributed by atoms with Crippen LogP contribution < -0.4 is 5.73 Å². The molecule has 19 heavy (non-hydrogen) atoms. The molecule has 1 aliphatic rings. The van der Waals surface area contributed by atoms with E-state index >= 15 is 0 Å². The van der Waals surface area contributed by atoms with Gasteiger partial charge < -0.3 is 10.5 Å². The van der Waals surface area contributed by atoms with Crippen molar-refractivity contribution in [3.63, 3.8) is 0 Å². The van der Waals surface area contributed by atoms with Crippen molar-refractivity contribution < 1.29 is 4.74 Å². The zero-order valence-corrected chi connectivity index (χ0v) is 11.3. The minimum absolute atomic E-state index is 0.308. The molecule has 0 fully saturated rings. The van der Waals surface area contributed by atoms with E-state index in [9.17, 15) is 0 Å². The van der Waals surface area contributed by atoms with Crippen molar-refractivity contribution in [3.05, 3.63) is 29.6 Å². The molecule has 0 saturated heterocycles. The van der Waals surface area contributed by atoms with Crippen molar-refractivity contribution in [1.82, 2.24) is 20.4 Å². The Morgan fingerprint density at radius 1 is 1.26 bits per heavy atom. The van der Waals surface area contributed by atoms with Gasteiger partial charge in [0.2, 0.25) is 0 Å². The molecule has 1 aromatic heterocycles. The number of nitrogens with zero attached hydrogens (tertiary/aromatic N) is 4. The first-order valence-electron chi connectivity index (χ1n) is 6.48. The van der Waals surface area contributed by atoms with Gasteiger partial charge in [-0.3, -0.25) is 0 Å². The summed E-state index contributed by atoms with van der Waals surface area (Å²) in [7, 11) is 0. The predicted molar refractivity (Wildman–Crippen MR) is 71.8 cm³/mol. The van der Waals surface area contributed by atoms with E-state index in [0.29, 0.717) is 30.7 Å². The van der Waals surface area contributed by atoms with Crippen molar-refractivity contribution in [2.45, 2.75) is 26.7 Å². The summed E-state index contributed by atoms with van der Waals surface area (Å²) in [4.78, 5) is 0. The Kier molecular flexibility index (Phi) is 4.57. The highest BCUT2D eigenvalue weighted by Crippen LogP contribution is 2.29. The number of rotatable bonds is 5. The maximum absolute atomic E-state index is 5.70. The topological polar surface area (TPSA) is 86.8 Å². The molecule has 0 spiro atoms. The van der Waals surface area contributed by atoms with Crippen molar-refractivity contribution in [1.29, 1.82) is 0 Å². The standard InChI is InChI=1S/C13H19N5O/c1-9-8-11(13-17-15-10(2)16-18-13)4-5-12(9)19-7-3-6-14/h4-5,9H,3,6-8,14H2,1-2H3. The first-order chi connectivity index (χ1) is 9.20. The number of aromatic nitrogens is 4. The molecule has 1 heterocycles. The zero-order chi connectivity index (χ0) is 13.7. The summed E-state index contributed by atoms with van der Waals surface area (Å²) in [5.41, 5.74) is 6.49. The van der Waals surface area contributed by atoms with Crippen LogP contribution in [0.5, 0.6) is 0 Å². The number of aryl methyl sites for hydroxylation is 1. The van der Waals surface area contributed by atoms with E-state index in [-0.39, 0.29) is 0 Å². The second-order valence-electron chi connectivity index (χ2n) is 4.63. The monoisotopic (exact) mass is 261 g/mol. The van der Waals surface area contributed by atoms with E-state index in [1.165, 1.54) is 0 Å². The lowest BCUT2D eigenvalue weighted by atomic mass is 9.93. The summed E-state index contributed by atoms with van der Waals surface area (Å²) < 4.78 is 5.70. The van der Waals surface area contributed by atoms with Gasteiger partial charge in [0.25, 0.3) is 0 Å². The van der Waals surface area contributed by atoms with Gasteiger partial charge in [0.1, 0.15) is 0 Å². The quantitative estimate of drug-likeness (QED) is 0.803. The predicted octanol–water partition coefficient (Wildman–Crippen LogP) is 1.25. The summed E-state index contributed by atoms with van der Waals surface area (Å²) in [5, 5.41) is 16.0. The Balaban J connectivity index is 2.06. The fourth-order valence-corrected chi connectivity index (χ4v) is 1.88. The number of allylic oxidation sites excluding steroid dienone is 4. The summed E-state index contributed by atoms with van der Waals surface area (Å²) in [6.45, 7) is 5.21. The third kappa shape index (κ3) is 3.57. The Morgan fingerprint density at radius 2 is 2.00 bits per heavy atom. The largest absolute Gasteiger partial charge is 0.498 e. The molecular formula is C13H19N5O. The number of ether oxygens (including phenoxy) is 1. The van der Waals surface area contributed by atoms with E-state index in [0.717, 1.165) is 24.2 Å². The average molecular weight is 261 g/mol. The van der Waals surface area contributed by atoms with Gasteiger partial charge in [-0.1, -0.05) is 13.0 Å². The van der Waals surface area contributed by atoms with Crippen LogP contribution in [0.2, 0.25) is 0 Å². The van der Waals surface area contributed by atoms with Gasteiger partial charge >= 0.3 is 0 Å². The Bertz CT molecular complexity index is 480. The number of hydrogen-bond donors (Lipinski definition) is 1. The summed E-state index contributed by atoms with van der Waals surface area (Å²) >= 11 is 0. The molecule has 1 atom stereocenters. The fourth-order valence-electron chi connectivity index (χ4n) is 1.88. The highest BCUT2D eigenvalue weighted by Gasteiger charge is 2.19. The molecule has 102 valence electrons. The van der Waals surface area contributed by atoms with Gasteiger partial charge in [0.05, 0.1) is 12.4 Å². The fraction of sp³-hybridized carbons (Fsp3) is 0.538. The molecule has 1 aliphatic carbocycles. The lowest BCUT2D eigenvalue weighted by molar-refractivity contribution is 0.179. The van der Waals surface area contributed by atoms with Crippen molar-refractivity contribution in [3.8, 4) is 0 Å². The van der Waals surface area contributed by atoms with Crippen LogP contribution in [0.3, 0.4) is 0 Å². The summed E-state index contributed by atoms with van der Waals surface area (Å²) in [6.07, 6.45) is 5.66. The molecule has 0 radical (unpaired) electrons. The number of nitrogens with two attached hydrogens (primary N) is 1. The second kappa shape index (κ2) is 6.38. The Hall–Kier alpha value is -1.82. The zero-order valence-electron chi connectivity index (χ0n) is 11.3. The molecule has 0 amide bonds. The van der Waals surface area contributed by atoms with Gasteiger partial charge in [-0.25, -0.2) is 0 Å². The normalized spacial score (nSPS) is 18.8. The van der Waals surface area contributed by atoms with Gasteiger partial charge in [0, 0.05) is 11.5 Å².